The highest BCUT2D eigenvalue weighted by Crippen LogP contribution is 2.46. The van der Waals surface area contributed by atoms with Gasteiger partial charge in [0.1, 0.15) is 0 Å². The topological polar surface area (TPSA) is 66.5 Å². The summed E-state index contributed by atoms with van der Waals surface area (Å²) in [5, 5.41) is 19.3. The molecule has 1 saturated carbocycles. The summed E-state index contributed by atoms with van der Waals surface area (Å²) in [4.78, 5) is 0. The number of phenols is 2. The van der Waals surface area contributed by atoms with Gasteiger partial charge in [-0.05, 0) is 37.0 Å². The Morgan fingerprint density at radius 2 is 1.88 bits per heavy atom. The van der Waals surface area contributed by atoms with E-state index in [1.807, 2.05) is 6.92 Å². The predicted molar refractivity (Wildman–Crippen MR) is 63.9 cm³/mol. The van der Waals surface area contributed by atoms with Crippen molar-refractivity contribution < 1.29 is 10.2 Å². The molecule has 16 heavy (non-hydrogen) atoms. The molecule has 1 aromatic carbocycles. The Morgan fingerprint density at radius 1 is 1.31 bits per heavy atom. The first kappa shape index (κ1) is 11.6. The van der Waals surface area contributed by atoms with Crippen LogP contribution in [0.2, 0.25) is 5.02 Å². The smallest absolute Gasteiger partial charge is 0.176 e. The van der Waals surface area contributed by atoms with Gasteiger partial charge in [0.05, 0.1) is 5.02 Å². The number of benzene rings is 1. The first-order valence-corrected chi connectivity index (χ1v) is 5.84. The second-order valence-corrected chi connectivity index (χ2v) is 4.99. The molecule has 0 aliphatic heterocycles. The maximum Gasteiger partial charge on any atom is 0.176 e. The van der Waals surface area contributed by atoms with Crippen molar-refractivity contribution in [3.8, 4) is 11.5 Å². The minimum Gasteiger partial charge on any atom is -0.504 e. The van der Waals surface area contributed by atoms with Crippen LogP contribution >= 0.6 is 11.6 Å². The SMILES string of the molecule is Cc1cc(O)c(O)c(Cl)c1C1(N)CCCC1. The average Bonchev–Trinajstić information content (AvgIpc) is 2.62. The molecule has 1 fully saturated rings. The van der Waals surface area contributed by atoms with Gasteiger partial charge in [0.25, 0.3) is 0 Å². The van der Waals surface area contributed by atoms with Crippen molar-refractivity contribution in [3.05, 3.63) is 22.2 Å². The second-order valence-electron chi connectivity index (χ2n) is 4.61. The van der Waals surface area contributed by atoms with Crippen molar-refractivity contribution in [1.82, 2.24) is 0 Å². The van der Waals surface area contributed by atoms with E-state index in [2.05, 4.69) is 0 Å². The number of halogens is 1. The molecule has 0 heterocycles. The van der Waals surface area contributed by atoms with E-state index in [1.54, 1.807) is 0 Å². The van der Waals surface area contributed by atoms with E-state index in [9.17, 15) is 10.2 Å². The molecule has 0 amide bonds. The van der Waals surface area contributed by atoms with Crippen LogP contribution < -0.4 is 5.73 Å². The van der Waals surface area contributed by atoms with Gasteiger partial charge in [-0.25, -0.2) is 0 Å². The Morgan fingerprint density at radius 3 is 2.44 bits per heavy atom. The summed E-state index contributed by atoms with van der Waals surface area (Å²) in [7, 11) is 0. The highest BCUT2D eigenvalue weighted by molar-refractivity contribution is 6.33. The van der Waals surface area contributed by atoms with Crippen molar-refractivity contribution in [3.63, 3.8) is 0 Å². The zero-order chi connectivity index (χ0) is 11.9. The van der Waals surface area contributed by atoms with E-state index in [-0.39, 0.29) is 16.5 Å². The largest absolute Gasteiger partial charge is 0.504 e. The van der Waals surface area contributed by atoms with Gasteiger partial charge >= 0.3 is 0 Å². The van der Waals surface area contributed by atoms with Gasteiger partial charge in [0, 0.05) is 5.54 Å². The summed E-state index contributed by atoms with van der Waals surface area (Å²) < 4.78 is 0. The van der Waals surface area contributed by atoms with Crippen molar-refractivity contribution in [2.45, 2.75) is 38.1 Å². The minimum atomic E-state index is -0.452. The molecule has 3 nitrogen and oxygen atoms in total. The quantitative estimate of drug-likeness (QED) is 0.663. The van der Waals surface area contributed by atoms with Gasteiger partial charge in [-0.3, -0.25) is 0 Å². The Hall–Kier alpha value is -0.930. The first-order valence-electron chi connectivity index (χ1n) is 5.46. The molecule has 0 radical (unpaired) electrons. The monoisotopic (exact) mass is 241 g/mol. The van der Waals surface area contributed by atoms with Crippen molar-refractivity contribution in [1.29, 1.82) is 0 Å². The van der Waals surface area contributed by atoms with Crippen LogP contribution in [-0.4, -0.2) is 10.2 Å². The minimum absolute atomic E-state index is 0.187. The van der Waals surface area contributed by atoms with E-state index < -0.39 is 5.54 Å². The summed E-state index contributed by atoms with van der Waals surface area (Å²) in [6.07, 6.45) is 3.90. The van der Waals surface area contributed by atoms with E-state index in [4.69, 9.17) is 17.3 Å². The van der Waals surface area contributed by atoms with Gasteiger partial charge in [-0.1, -0.05) is 24.4 Å². The van der Waals surface area contributed by atoms with Gasteiger partial charge in [0.2, 0.25) is 0 Å². The van der Waals surface area contributed by atoms with Crippen molar-refractivity contribution >= 4 is 11.6 Å². The second kappa shape index (κ2) is 3.82. The average molecular weight is 242 g/mol. The number of nitrogens with two attached hydrogens (primary N) is 1. The van der Waals surface area contributed by atoms with E-state index >= 15 is 0 Å². The van der Waals surface area contributed by atoms with E-state index in [0.717, 1.165) is 36.8 Å². The zero-order valence-electron chi connectivity index (χ0n) is 9.26. The third-order valence-corrected chi connectivity index (χ3v) is 3.78. The number of rotatable bonds is 1. The third-order valence-electron chi connectivity index (χ3n) is 3.41. The van der Waals surface area contributed by atoms with Crippen molar-refractivity contribution in [2.75, 3.05) is 0 Å². The molecule has 0 spiro atoms. The number of hydrogen-bond acceptors (Lipinski definition) is 3. The van der Waals surface area contributed by atoms with Crippen LogP contribution in [-0.2, 0) is 5.54 Å². The highest BCUT2D eigenvalue weighted by Gasteiger charge is 2.35. The van der Waals surface area contributed by atoms with Crippen LogP contribution in [0.4, 0.5) is 0 Å². The molecule has 0 aromatic heterocycles. The molecule has 88 valence electrons. The van der Waals surface area contributed by atoms with E-state index in [1.165, 1.54) is 6.07 Å². The Balaban J connectivity index is 2.60. The fraction of sp³-hybridized carbons (Fsp3) is 0.500. The van der Waals surface area contributed by atoms with Crippen LogP contribution in [0.1, 0.15) is 36.8 Å². The molecule has 1 aliphatic rings. The summed E-state index contributed by atoms with van der Waals surface area (Å²) >= 11 is 6.08. The number of hydrogen-bond donors (Lipinski definition) is 3. The van der Waals surface area contributed by atoms with Crippen LogP contribution in [0.5, 0.6) is 11.5 Å². The molecular weight excluding hydrogens is 226 g/mol. The Kier molecular flexibility index (Phi) is 2.76. The third kappa shape index (κ3) is 1.64. The van der Waals surface area contributed by atoms with Crippen LogP contribution in [0.25, 0.3) is 0 Å². The standard InChI is InChI=1S/C12H16ClNO2/c1-7-6-8(15)11(16)10(13)9(7)12(14)4-2-3-5-12/h6,15-16H,2-5,14H2,1H3. The lowest BCUT2D eigenvalue weighted by atomic mass is 9.86. The summed E-state index contributed by atoms with van der Waals surface area (Å²) in [5.41, 5.74) is 7.49. The molecule has 4 N–H and O–H groups in total. The Bertz CT molecular complexity index is 426. The number of aryl methyl sites for hydroxylation is 1. The normalized spacial score (nSPS) is 18.9. The van der Waals surface area contributed by atoms with Gasteiger partial charge in [-0.15, -0.1) is 0 Å². The van der Waals surface area contributed by atoms with Gasteiger partial charge < -0.3 is 15.9 Å². The molecular formula is C12H16ClNO2. The molecule has 1 aromatic rings. The molecule has 0 unspecified atom stereocenters. The maximum absolute atomic E-state index is 9.65. The molecule has 4 heteroatoms. The lowest BCUT2D eigenvalue weighted by Gasteiger charge is -2.28. The van der Waals surface area contributed by atoms with Gasteiger partial charge in [0.15, 0.2) is 11.5 Å². The Labute approximate surface area is 99.8 Å². The highest BCUT2D eigenvalue weighted by atomic mass is 35.5. The fourth-order valence-corrected chi connectivity index (χ4v) is 3.05. The summed E-state index contributed by atoms with van der Waals surface area (Å²) in [6, 6.07) is 1.52. The molecule has 2 rings (SSSR count). The molecule has 0 bridgehead atoms. The zero-order valence-corrected chi connectivity index (χ0v) is 10.0. The van der Waals surface area contributed by atoms with Crippen LogP contribution in [0.15, 0.2) is 6.07 Å². The fourth-order valence-electron chi connectivity index (χ4n) is 2.62. The van der Waals surface area contributed by atoms with E-state index in [0.29, 0.717) is 0 Å². The molecule has 1 aliphatic carbocycles. The lowest BCUT2D eigenvalue weighted by Crippen LogP contribution is -2.34. The van der Waals surface area contributed by atoms with Gasteiger partial charge in [-0.2, -0.15) is 0 Å². The molecule has 0 saturated heterocycles. The van der Waals surface area contributed by atoms with Crippen molar-refractivity contribution in [2.24, 2.45) is 5.73 Å². The number of aromatic hydroxyl groups is 2. The number of phenolic OH excluding ortho intramolecular Hbond substituents is 2. The lowest BCUT2D eigenvalue weighted by molar-refractivity contribution is 0.397. The molecule has 0 atom stereocenters. The summed E-state index contributed by atoms with van der Waals surface area (Å²) in [5.74, 6) is -0.452. The first-order chi connectivity index (χ1) is 7.46. The van der Waals surface area contributed by atoms with Crippen LogP contribution in [0, 0.1) is 6.92 Å². The maximum atomic E-state index is 9.65. The predicted octanol–water partition coefficient (Wildman–Crippen LogP) is 2.79. The summed E-state index contributed by atoms with van der Waals surface area (Å²) in [6.45, 7) is 1.85. The van der Waals surface area contributed by atoms with Crippen LogP contribution in [0.3, 0.4) is 0 Å².